The Hall–Kier alpha value is -2.63. The van der Waals surface area contributed by atoms with Gasteiger partial charge in [-0.05, 0) is 31.2 Å². The lowest BCUT2D eigenvalue weighted by Crippen LogP contribution is -2.48. The first-order valence-electron chi connectivity index (χ1n) is 7.48. The predicted molar refractivity (Wildman–Crippen MR) is 84.8 cm³/mol. The van der Waals surface area contributed by atoms with Gasteiger partial charge in [-0.3, -0.25) is 4.79 Å². The summed E-state index contributed by atoms with van der Waals surface area (Å²) >= 11 is 0. The maximum Gasteiger partial charge on any atom is 0.222 e. The molecule has 0 bridgehead atoms. The summed E-state index contributed by atoms with van der Waals surface area (Å²) in [6.07, 6.45) is 0. The zero-order valence-electron chi connectivity index (χ0n) is 13.4. The normalized spacial score (nSPS) is 14.3. The SMILES string of the molecule is COc1ccc(Oc2cc(C)nc(C3CN(C(C)=O)C3)n2)cc1. The number of benzene rings is 1. The van der Waals surface area contributed by atoms with E-state index in [2.05, 4.69) is 9.97 Å². The van der Waals surface area contributed by atoms with E-state index < -0.39 is 0 Å². The molecule has 1 aliphatic heterocycles. The highest BCUT2D eigenvalue weighted by Crippen LogP contribution is 2.28. The van der Waals surface area contributed by atoms with Crippen LogP contribution in [-0.4, -0.2) is 41.0 Å². The van der Waals surface area contributed by atoms with Gasteiger partial charge in [0.15, 0.2) is 0 Å². The summed E-state index contributed by atoms with van der Waals surface area (Å²) < 4.78 is 10.9. The molecule has 6 nitrogen and oxygen atoms in total. The molecule has 1 fully saturated rings. The van der Waals surface area contributed by atoms with E-state index in [4.69, 9.17) is 9.47 Å². The number of hydrogen-bond donors (Lipinski definition) is 0. The molecule has 6 heteroatoms. The minimum Gasteiger partial charge on any atom is -0.497 e. The number of carbonyl (C=O) groups is 1. The standard InChI is InChI=1S/C17H19N3O3/c1-11-8-16(23-15-6-4-14(22-3)5-7-15)19-17(18-11)13-9-20(10-13)12(2)21/h4-8,13H,9-10H2,1-3H3. The number of aromatic nitrogens is 2. The molecule has 0 atom stereocenters. The van der Waals surface area contributed by atoms with Gasteiger partial charge in [0, 0.05) is 31.8 Å². The molecule has 1 aromatic heterocycles. The van der Waals surface area contributed by atoms with Gasteiger partial charge in [0.1, 0.15) is 17.3 Å². The lowest BCUT2D eigenvalue weighted by molar-refractivity contribution is -0.133. The highest BCUT2D eigenvalue weighted by Gasteiger charge is 2.32. The zero-order chi connectivity index (χ0) is 16.4. The number of aryl methyl sites for hydroxylation is 1. The number of hydrogen-bond acceptors (Lipinski definition) is 5. The fraction of sp³-hybridized carbons (Fsp3) is 0.353. The van der Waals surface area contributed by atoms with Crippen LogP contribution in [0.4, 0.5) is 0 Å². The third-order valence-corrected chi connectivity index (χ3v) is 3.82. The van der Waals surface area contributed by atoms with Gasteiger partial charge in [0.05, 0.1) is 13.0 Å². The largest absolute Gasteiger partial charge is 0.497 e. The maximum absolute atomic E-state index is 11.3. The second-order valence-corrected chi connectivity index (χ2v) is 5.60. The van der Waals surface area contributed by atoms with Crippen molar-refractivity contribution in [1.29, 1.82) is 0 Å². The number of likely N-dealkylation sites (tertiary alicyclic amines) is 1. The number of nitrogens with zero attached hydrogens (tertiary/aromatic N) is 3. The van der Waals surface area contributed by atoms with Gasteiger partial charge < -0.3 is 14.4 Å². The van der Waals surface area contributed by atoms with Gasteiger partial charge in [-0.15, -0.1) is 0 Å². The van der Waals surface area contributed by atoms with Gasteiger partial charge in [-0.2, -0.15) is 4.98 Å². The summed E-state index contributed by atoms with van der Waals surface area (Å²) in [5.74, 6) is 2.97. The first kappa shape index (κ1) is 15.3. The molecule has 0 radical (unpaired) electrons. The lowest BCUT2D eigenvalue weighted by atomic mass is 9.99. The van der Waals surface area contributed by atoms with E-state index in [0.29, 0.717) is 24.7 Å². The van der Waals surface area contributed by atoms with Gasteiger partial charge in [0.2, 0.25) is 11.8 Å². The molecule has 0 saturated carbocycles. The fourth-order valence-corrected chi connectivity index (χ4v) is 2.46. The van der Waals surface area contributed by atoms with E-state index in [9.17, 15) is 4.79 Å². The van der Waals surface area contributed by atoms with Crippen LogP contribution < -0.4 is 9.47 Å². The van der Waals surface area contributed by atoms with Crippen molar-refractivity contribution in [2.24, 2.45) is 0 Å². The van der Waals surface area contributed by atoms with Gasteiger partial charge in [-0.25, -0.2) is 4.98 Å². The minimum atomic E-state index is 0.0867. The van der Waals surface area contributed by atoms with E-state index in [1.165, 1.54) is 0 Å². The monoisotopic (exact) mass is 313 g/mol. The van der Waals surface area contributed by atoms with E-state index in [1.54, 1.807) is 25.0 Å². The Bertz CT molecular complexity index is 710. The van der Waals surface area contributed by atoms with Gasteiger partial charge >= 0.3 is 0 Å². The Morgan fingerprint density at radius 1 is 1.17 bits per heavy atom. The Morgan fingerprint density at radius 3 is 2.43 bits per heavy atom. The number of methoxy groups -OCH3 is 1. The molecular formula is C17H19N3O3. The second kappa shape index (κ2) is 6.24. The number of amides is 1. The molecule has 2 heterocycles. The van der Waals surface area contributed by atoms with Crippen LogP contribution in [0, 0.1) is 6.92 Å². The lowest BCUT2D eigenvalue weighted by Gasteiger charge is -2.37. The smallest absolute Gasteiger partial charge is 0.222 e. The van der Waals surface area contributed by atoms with E-state index in [-0.39, 0.29) is 11.8 Å². The van der Waals surface area contributed by atoms with Crippen LogP contribution in [0.1, 0.15) is 24.4 Å². The Morgan fingerprint density at radius 2 is 1.83 bits per heavy atom. The summed E-state index contributed by atoms with van der Waals surface area (Å²) in [4.78, 5) is 22.0. The molecular weight excluding hydrogens is 294 g/mol. The molecule has 1 aliphatic rings. The van der Waals surface area contributed by atoms with Crippen molar-refractivity contribution in [2.75, 3.05) is 20.2 Å². The Kier molecular flexibility index (Phi) is 4.14. The highest BCUT2D eigenvalue weighted by atomic mass is 16.5. The number of rotatable bonds is 4. The fourth-order valence-electron chi connectivity index (χ4n) is 2.46. The zero-order valence-corrected chi connectivity index (χ0v) is 13.4. The maximum atomic E-state index is 11.3. The number of carbonyl (C=O) groups excluding carboxylic acids is 1. The Labute approximate surface area is 135 Å². The molecule has 0 N–H and O–H groups in total. The van der Waals surface area contributed by atoms with Crippen LogP contribution in [0.2, 0.25) is 0 Å². The average molecular weight is 313 g/mol. The van der Waals surface area contributed by atoms with Crippen molar-refractivity contribution in [3.05, 3.63) is 41.9 Å². The topological polar surface area (TPSA) is 64.6 Å². The van der Waals surface area contributed by atoms with Crippen LogP contribution in [0.25, 0.3) is 0 Å². The van der Waals surface area contributed by atoms with Crippen molar-refractivity contribution in [1.82, 2.24) is 14.9 Å². The molecule has 1 amide bonds. The molecule has 0 unspecified atom stereocenters. The molecule has 2 aromatic rings. The van der Waals surface area contributed by atoms with E-state index in [1.807, 2.05) is 31.2 Å². The summed E-state index contributed by atoms with van der Waals surface area (Å²) in [6.45, 7) is 4.82. The first-order chi connectivity index (χ1) is 11.0. The number of ether oxygens (including phenoxy) is 2. The third kappa shape index (κ3) is 3.41. The third-order valence-electron chi connectivity index (χ3n) is 3.82. The molecule has 1 saturated heterocycles. The van der Waals surface area contributed by atoms with Crippen LogP contribution in [0.5, 0.6) is 17.4 Å². The predicted octanol–water partition coefficient (Wildman–Crippen LogP) is 2.53. The quantitative estimate of drug-likeness (QED) is 0.868. The van der Waals surface area contributed by atoms with Crippen LogP contribution >= 0.6 is 0 Å². The van der Waals surface area contributed by atoms with Gasteiger partial charge in [-0.1, -0.05) is 0 Å². The minimum absolute atomic E-state index is 0.0867. The highest BCUT2D eigenvalue weighted by molar-refractivity contribution is 5.74. The molecule has 23 heavy (non-hydrogen) atoms. The van der Waals surface area contributed by atoms with Crippen LogP contribution in [-0.2, 0) is 4.79 Å². The average Bonchev–Trinajstić information content (AvgIpc) is 2.45. The molecule has 0 aliphatic carbocycles. The van der Waals surface area contributed by atoms with Crippen molar-refractivity contribution >= 4 is 5.91 Å². The van der Waals surface area contributed by atoms with E-state index >= 15 is 0 Å². The molecule has 3 rings (SSSR count). The van der Waals surface area contributed by atoms with Gasteiger partial charge in [0.25, 0.3) is 0 Å². The van der Waals surface area contributed by atoms with Crippen molar-refractivity contribution in [2.45, 2.75) is 19.8 Å². The summed E-state index contributed by atoms with van der Waals surface area (Å²) in [6, 6.07) is 9.13. The van der Waals surface area contributed by atoms with Crippen LogP contribution in [0.3, 0.4) is 0 Å². The van der Waals surface area contributed by atoms with Crippen molar-refractivity contribution < 1.29 is 14.3 Å². The first-order valence-corrected chi connectivity index (χ1v) is 7.48. The molecule has 1 aromatic carbocycles. The Balaban J connectivity index is 1.74. The molecule has 120 valence electrons. The summed E-state index contributed by atoms with van der Waals surface area (Å²) in [5, 5.41) is 0. The summed E-state index contributed by atoms with van der Waals surface area (Å²) in [7, 11) is 1.62. The van der Waals surface area contributed by atoms with E-state index in [0.717, 1.165) is 17.3 Å². The van der Waals surface area contributed by atoms with Crippen LogP contribution in [0.15, 0.2) is 30.3 Å². The summed E-state index contributed by atoms with van der Waals surface area (Å²) in [5.41, 5.74) is 0.847. The molecule has 0 spiro atoms. The second-order valence-electron chi connectivity index (χ2n) is 5.60. The van der Waals surface area contributed by atoms with Crippen molar-refractivity contribution in [3.63, 3.8) is 0 Å². The van der Waals surface area contributed by atoms with Crippen molar-refractivity contribution in [3.8, 4) is 17.4 Å².